The van der Waals surface area contributed by atoms with E-state index in [4.69, 9.17) is 16.8 Å². The summed E-state index contributed by atoms with van der Waals surface area (Å²) >= 11 is 0. The number of aliphatic hydroxyl groups excluding tert-OH is 4. The Hall–Kier alpha value is -4.60. The quantitative estimate of drug-likeness (QED) is 0.0495. The molecule has 0 bridgehead atoms. The fraction of sp³-hybridized carbons (Fsp3) is 0.535. The molecule has 1 aliphatic heterocycles. The number of nitrogens with one attached hydrogen (secondary N) is 2. The molecule has 0 unspecified atom stereocenters. The summed E-state index contributed by atoms with van der Waals surface area (Å²) < 4.78 is 0. The van der Waals surface area contributed by atoms with Gasteiger partial charge in [0.25, 0.3) is 0 Å². The first kappa shape index (κ1) is 43.5. The second kappa shape index (κ2) is 21.2. The van der Waals surface area contributed by atoms with E-state index in [0.29, 0.717) is 49.9 Å². The number of carbonyl (C=O) groups excluding carboxylic acids is 2. The first-order valence-electron chi connectivity index (χ1n) is 20.2. The molecule has 0 fully saturated rings. The minimum Gasteiger partial charge on any atom is -0.478 e. The van der Waals surface area contributed by atoms with Gasteiger partial charge in [0.2, 0.25) is 0 Å². The van der Waals surface area contributed by atoms with Gasteiger partial charge in [-0.3, -0.25) is 0 Å². The number of H-pyrrole nitrogens is 1. The smallest absolute Gasteiger partial charge is 0.328 e. The number of benzene rings is 2. The molecule has 57 heavy (non-hydrogen) atoms. The average molecular weight is 788 g/mol. The average Bonchev–Trinajstić information content (AvgIpc) is 3.72. The first-order valence-corrected chi connectivity index (χ1v) is 20.2. The predicted octanol–water partition coefficient (Wildman–Crippen LogP) is 3.66. The molecule has 2 aliphatic rings. The highest BCUT2D eigenvalue weighted by molar-refractivity contribution is 5.86. The van der Waals surface area contributed by atoms with Crippen molar-refractivity contribution in [2.24, 2.45) is 28.3 Å². The number of aromatic nitrogens is 1. The summed E-state index contributed by atoms with van der Waals surface area (Å²) in [5.74, 6) is -0.637. The zero-order valence-corrected chi connectivity index (χ0v) is 32.5. The minimum absolute atomic E-state index is 0.0233. The Morgan fingerprint density at radius 1 is 1.04 bits per heavy atom. The van der Waals surface area contributed by atoms with Gasteiger partial charge in [-0.1, -0.05) is 60.9 Å². The summed E-state index contributed by atoms with van der Waals surface area (Å²) in [6.45, 7) is -0.616. The van der Waals surface area contributed by atoms with Gasteiger partial charge >= 0.3 is 5.97 Å². The first-order chi connectivity index (χ1) is 27.5. The van der Waals surface area contributed by atoms with Gasteiger partial charge in [0.15, 0.2) is 5.96 Å². The van der Waals surface area contributed by atoms with E-state index in [2.05, 4.69) is 39.6 Å². The fourth-order valence-corrected chi connectivity index (χ4v) is 8.71. The van der Waals surface area contributed by atoms with Crippen molar-refractivity contribution in [1.82, 2.24) is 10.3 Å². The molecule has 0 radical (unpaired) electrons. The standard InChI is InChI=1S/C43H59N6O8/c44-32(13-9-27(24-52)4-3-16-50)5-1-6-33-30(12-11-29-19-28-10-8-26(14-17-51)18-31(28)20-34(29)33)21-36(47-40-7-2-15-46-40)35(22-41(55)56)37-23-38(49-43(45)48-37)42(57)39(54)25-53/h2,7-8,10,15,17-20,22,24,27,30,32-33,36-39,42,46,50,53-54,57H,1,3-6,9,11-14,16,21,23,25,44H2,(H,55,56)(H3,45,48,49)/q-1/b35-22-/t27-,30-,32-,33-,36-,37+,38-,39-,42+/m1/s1. The second-order valence-electron chi connectivity index (χ2n) is 15.7. The van der Waals surface area contributed by atoms with Crippen LogP contribution in [0.25, 0.3) is 16.1 Å². The topological polar surface area (TPSA) is 259 Å². The maximum atomic E-state index is 12.5. The van der Waals surface area contributed by atoms with Crippen LogP contribution in [-0.4, -0.2) is 105 Å². The van der Waals surface area contributed by atoms with Crippen LogP contribution in [0.15, 0.2) is 65.3 Å². The van der Waals surface area contributed by atoms with Crippen molar-refractivity contribution in [3.63, 3.8) is 0 Å². The van der Waals surface area contributed by atoms with Crippen LogP contribution in [0.1, 0.15) is 86.8 Å². The fourth-order valence-electron chi connectivity index (χ4n) is 8.71. The summed E-state index contributed by atoms with van der Waals surface area (Å²) in [5.41, 5.74) is 16.6. The van der Waals surface area contributed by atoms with E-state index in [1.165, 1.54) is 11.1 Å². The third-order valence-corrected chi connectivity index (χ3v) is 11.7. The van der Waals surface area contributed by atoms with E-state index in [-0.39, 0.29) is 42.8 Å². The lowest BCUT2D eigenvalue weighted by Gasteiger charge is -2.41. The molecule has 1 aliphatic carbocycles. The number of nitrogens with two attached hydrogens (primary N) is 2. The number of carbonyl (C=O) groups is 3. The molecular formula is C43H59N6O8-. The number of aliphatic carboxylic acids is 1. The van der Waals surface area contributed by atoms with Gasteiger partial charge < -0.3 is 62.2 Å². The van der Waals surface area contributed by atoms with Crippen LogP contribution < -0.4 is 16.8 Å². The number of aryl methyl sites for hydroxylation is 1. The highest BCUT2D eigenvalue weighted by Gasteiger charge is 2.37. The Labute approximate surface area is 333 Å². The molecule has 2 aromatic carbocycles. The van der Waals surface area contributed by atoms with Crippen molar-refractivity contribution in [3.05, 3.63) is 82.3 Å². The number of carboxylic acids is 1. The number of rotatable bonds is 23. The number of aliphatic imine (C=N–C) groups is 1. The molecular weight excluding hydrogens is 729 g/mol. The van der Waals surface area contributed by atoms with Crippen LogP contribution in [0.3, 0.4) is 0 Å². The number of carboxylic acid groups (broad SMARTS) is 1. The van der Waals surface area contributed by atoms with Crippen LogP contribution in [0.4, 0.5) is 5.82 Å². The van der Waals surface area contributed by atoms with Crippen molar-refractivity contribution >= 4 is 41.1 Å². The van der Waals surface area contributed by atoms with E-state index in [1.54, 1.807) is 6.20 Å². The van der Waals surface area contributed by atoms with Crippen LogP contribution >= 0.6 is 0 Å². The number of aldehydes is 2. The molecule has 0 amide bonds. The van der Waals surface area contributed by atoms with Crippen LogP contribution in [-0.2, 0) is 27.2 Å². The molecule has 3 aromatic rings. The number of nitrogens with zero attached hydrogens (tertiary/aromatic N) is 2. The van der Waals surface area contributed by atoms with E-state index in [1.807, 2.05) is 18.2 Å². The van der Waals surface area contributed by atoms with E-state index < -0.39 is 42.9 Å². The van der Waals surface area contributed by atoms with Gasteiger partial charge in [0, 0.05) is 31.1 Å². The molecule has 2 heterocycles. The van der Waals surface area contributed by atoms with E-state index in [9.17, 15) is 39.9 Å². The van der Waals surface area contributed by atoms with Gasteiger partial charge in [0.05, 0.1) is 18.7 Å². The molecule has 0 saturated heterocycles. The van der Waals surface area contributed by atoms with Crippen LogP contribution in [0, 0.1) is 11.8 Å². The van der Waals surface area contributed by atoms with Crippen molar-refractivity contribution in [3.8, 4) is 0 Å². The second-order valence-corrected chi connectivity index (χ2v) is 15.7. The van der Waals surface area contributed by atoms with E-state index in [0.717, 1.165) is 67.1 Å². The normalized spacial score (nSPS) is 22.3. The lowest BCUT2D eigenvalue weighted by atomic mass is 9.69. The maximum Gasteiger partial charge on any atom is 0.328 e. The predicted molar refractivity (Wildman–Crippen MR) is 219 cm³/mol. The SMILES string of the molecule is NC1=N[C@H](/C(=C\C(=O)O)[C@@H](C[C@H]2CCc3cc4ccc(CC=O)cc4cc3[C@@H]2CCC[C@@H](N)CC[C@H](C=O)CCCO)[N-]c2ccc[nH]2)C[C@H]([C@H](O)[C@H](O)CO)N1. The van der Waals surface area contributed by atoms with Gasteiger partial charge in [0.1, 0.15) is 24.8 Å². The van der Waals surface area contributed by atoms with Gasteiger partial charge in [-0.05, 0) is 115 Å². The number of hydrogen-bond donors (Lipinski definition) is 9. The molecule has 9 atom stereocenters. The van der Waals surface area contributed by atoms with E-state index >= 15 is 0 Å². The van der Waals surface area contributed by atoms with Crippen molar-refractivity contribution in [2.45, 2.75) is 119 Å². The summed E-state index contributed by atoms with van der Waals surface area (Å²) in [7, 11) is 0. The van der Waals surface area contributed by atoms with Crippen molar-refractivity contribution in [1.29, 1.82) is 0 Å². The number of guanidine groups is 1. The monoisotopic (exact) mass is 787 g/mol. The lowest BCUT2D eigenvalue weighted by molar-refractivity contribution is -0.131. The maximum absolute atomic E-state index is 12.5. The zero-order chi connectivity index (χ0) is 40.9. The molecule has 0 saturated carbocycles. The molecule has 14 heteroatoms. The Bertz CT molecular complexity index is 1830. The Kier molecular flexibility index (Phi) is 16.2. The van der Waals surface area contributed by atoms with Gasteiger partial charge in [-0.2, -0.15) is 0 Å². The third kappa shape index (κ3) is 12.0. The molecule has 14 nitrogen and oxygen atoms in total. The number of aliphatic hydroxyl groups is 4. The number of fused-ring (bicyclic) bond motifs is 2. The summed E-state index contributed by atoms with van der Waals surface area (Å²) in [6, 6.07) is 11.9. The highest BCUT2D eigenvalue weighted by atomic mass is 16.4. The van der Waals surface area contributed by atoms with Gasteiger partial charge in [-0.15, -0.1) is 0 Å². The molecule has 11 N–H and O–H groups in total. The largest absolute Gasteiger partial charge is 0.478 e. The van der Waals surface area contributed by atoms with Crippen molar-refractivity contribution in [2.75, 3.05) is 13.2 Å². The van der Waals surface area contributed by atoms with Crippen molar-refractivity contribution < 1.29 is 39.9 Å². The minimum atomic E-state index is -1.44. The Balaban J connectivity index is 1.47. The molecule has 310 valence electrons. The lowest BCUT2D eigenvalue weighted by Crippen LogP contribution is -2.56. The van der Waals surface area contributed by atoms with Gasteiger partial charge in [-0.25, -0.2) is 9.79 Å². The molecule has 5 rings (SSSR count). The number of hydrogen-bond acceptors (Lipinski definition) is 11. The van der Waals surface area contributed by atoms with Crippen LogP contribution in [0.5, 0.6) is 0 Å². The molecule has 0 spiro atoms. The highest BCUT2D eigenvalue weighted by Crippen LogP contribution is 2.46. The zero-order valence-electron chi connectivity index (χ0n) is 32.5. The molecule has 1 aromatic heterocycles. The van der Waals surface area contributed by atoms with Crippen LogP contribution in [0.2, 0.25) is 0 Å². The summed E-state index contributed by atoms with van der Waals surface area (Å²) in [6.07, 6.45) is 9.44. The Morgan fingerprint density at radius 3 is 2.56 bits per heavy atom. The Morgan fingerprint density at radius 2 is 1.86 bits per heavy atom. The number of aromatic amines is 1. The summed E-state index contributed by atoms with van der Waals surface area (Å²) in [4.78, 5) is 43.2. The third-order valence-electron chi connectivity index (χ3n) is 11.7. The summed E-state index contributed by atoms with van der Waals surface area (Å²) in [5, 5.41) is 60.1.